The second-order valence-corrected chi connectivity index (χ2v) is 6.72. The van der Waals surface area contributed by atoms with E-state index in [1.807, 2.05) is 6.07 Å². The Balaban J connectivity index is 1.49. The van der Waals surface area contributed by atoms with E-state index in [2.05, 4.69) is 25.8 Å². The van der Waals surface area contributed by atoms with Gasteiger partial charge in [-0.05, 0) is 24.6 Å². The Morgan fingerprint density at radius 1 is 1.14 bits per heavy atom. The van der Waals surface area contributed by atoms with Crippen LogP contribution in [-0.4, -0.2) is 53.9 Å². The first-order valence-electron chi connectivity index (χ1n) is 8.81. The van der Waals surface area contributed by atoms with Crippen molar-refractivity contribution >= 4 is 17.7 Å². The number of H-pyrrole nitrogens is 1. The molecule has 0 spiro atoms. The quantitative estimate of drug-likeness (QED) is 0.637. The number of amides is 3. The van der Waals surface area contributed by atoms with Gasteiger partial charge >= 0.3 is 0 Å². The van der Waals surface area contributed by atoms with Gasteiger partial charge in [-0.3, -0.25) is 24.8 Å². The van der Waals surface area contributed by atoms with Gasteiger partial charge < -0.3 is 4.90 Å². The van der Waals surface area contributed by atoms with Crippen molar-refractivity contribution in [3.05, 3.63) is 47.8 Å². The number of fused-ring (bicyclic) bond motifs is 1. The highest BCUT2D eigenvalue weighted by Gasteiger charge is 2.40. The molecule has 1 unspecified atom stereocenters. The number of hydrogen-bond donors (Lipinski definition) is 2. The van der Waals surface area contributed by atoms with E-state index in [9.17, 15) is 14.4 Å². The highest BCUT2D eigenvalue weighted by atomic mass is 16.2. The van der Waals surface area contributed by atoms with Crippen LogP contribution in [0.4, 0.5) is 0 Å². The van der Waals surface area contributed by atoms with Gasteiger partial charge in [-0.2, -0.15) is 5.10 Å². The van der Waals surface area contributed by atoms with Crippen molar-refractivity contribution in [2.45, 2.75) is 25.4 Å². The predicted octanol–water partition coefficient (Wildman–Crippen LogP) is 0.418. The number of aromatic nitrogens is 5. The summed E-state index contributed by atoms with van der Waals surface area (Å²) in [6.07, 6.45) is 3.93. The molecule has 0 radical (unpaired) electrons. The molecule has 3 amide bonds. The Bertz CT molecular complexity index is 1100. The molecule has 1 saturated heterocycles. The van der Waals surface area contributed by atoms with Crippen LogP contribution in [0.15, 0.2) is 36.7 Å². The minimum atomic E-state index is -0.651. The molecule has 4 heterocycles. The zero-order valence-corrected chi connectivity index (χ0v) is 14.6. The number of carbonyl (C=O) groups excluding carboxylic acids is 3. The van der Waals surface area contributed by atoms with E-state index in [1.54, 1.807) is 35.3 Å². The second-order valence-electron chi connectivity index (χ2n) is 6.72. The minimum absolute atomic E-state index is 0.222. The lowest BCUT2D eigenvalue weighted by molar-refractivity contribution is -0.136. The fraction of sp³-hybridized carbons (Fsp3) is 0.222. The molecule has 0 bridgehead atoms. The first-order chi connectivity index (χ1) is 13.6. The van der Waals surface area contributed by atoms with E-state index >= 15 is 0 Å². The maximum absolute atomic E-state index is 12.9. The van der Waals surface area contributed by atoms with Crippen molar-refractivity contribution in [1.82, 2.24) is 35.4 Å². The summed E-state index contributed by atoms with van der Waals surface area (Å²) in [5.41, 5.74) is 3.39. The van der Waals surface area contributed by atoms with E-state index in [1.165, 1.54) is 4.90 Å². The molecule has 0 saturated carbocycles. The van der Waals surface area contributed by atoms with Crippen molar-refractivity contribution in [3.8, 4) is 17.1 Å². The standard InChI is InChI=1S/C18H15N7O3/c26-16-5-4-15(17(27)20-16)24-8-11-10(18(24)28)2-1-3-14(11)25-9-13(22-23-25)12-6-7-19-21-12/h1-3,6-7,9,15H,4-5,8H2,(H,19,21)(H,20,26,27). The number of rotatable bonds is 3. The molecule has 1 aromatic carbocycles. The number of nitrogens with one attached hydrogen (secondary N) is 2. The Labute approximate surface area is 158 Å². The molecule has 2 aliphatic rings. The van der Waals surface area contributed by atoms with Crippen LogP contribution in [-0.2, 0) is 16.1 Å². The fourth-order valence-electron chi connectivity index (χ4n) is 3.69. The molecule has 10 heteroatoms. The molecule has 140 valence electrons. The molecular formula is C18H15N7O3. The summed E-state index contributed by atoms with van der Waals surface area (Å²) in [6.45, 7) is 0.274. The molecule has 3 aromatic rings. The first-order valence-corrected chi connectivity index (χ1v) is 8.81. The van der Waals surface area contributed by atoms with Crippen LogP contribution in [0.2, 0.25) is 0 Å². The van der Waals surface area contributed by atoms with Crippen LogP contribution in [0.1, 0.15) is 28.8 Å². The van der Waals surface area contributed by atoms with Gasteiger partial charge in [0.15, 0.2) is 0 Å². The Morgan fingerprint density at radius 3 is 2.82 bits per heavy atom. The molecule has 2 aromatic heterocycles. The van der Waals surface area contributed by atoms with Gasteiger partial charge in [0.05, 0.1) is 17.6 Å². The van der Waals surface area contributed by atoms with Crippen LogP contribution in [0.3, 0.4) is 0 Å². The smallest absolute Gasteiger partial charge is 0.255 e. The van der Waals surface area contributed by atoms with Crippen molar-refractivity contribution < 1.29 is 14.4 Å². The summed E-state index contributed by atoms with van der Waals surface area (Å²) >= 11 is 0. The van der Waals surface area contributed by atoms with E-state index in [4.69, 9.17) is 0 Å². The topological polar surface area (TPSA) is 126 Å². The largest absolute Gasteiger partial charge is 0.322 e. The average Bonchev–Trinajstić information content (AvgIpc) is 3.42. The third kappa shape index (κ3) is 2.49. The third-order valence-electron chi connectivity index (χ3n) is 5.07. The maximum Gasteiger partial charge on any atom is 0.255 e. The summed E-state index contributed by atoms with van der Waals surface area (Å²) in [5, 5.41) is 17.4. The van der Waals surface area contributed by atoms with Crippen LogP contribution >= 0.6 is 0 Å². The summed E-state index contributed by atoms with van der Waals surface area (Å²) in [5.74, 6) is -0.957. The Hall–Kier alpha value is -3.82. The van der Waals surface area contributed by atoms with Crippen molar-refractivity contribution in [2.24, 2.45) is 0 Å². The predicted molar refractivity (Wildman–Crippen MR) is 95.0 cm³/mol. The molecule has 2 N–H and O–H groups in total. The zero-order valence-electron chi connectivity index (χ0n) is 14.6. The molecule has 5 rings (SSSR count). The highest BCUT2D eigenvalue weighted by Crippen LogP contribution is 2.31. The molecular weight excluding hydrogens is 362 g/mol. The van der Waals surface area contributed by atoms with Crippen LogP contribution in [0.25, 0.3) is 17.1 Å². The summed E-state index contributed by atoms with van der Waals surface area (Å²) in [7, 11) is 0. The average molecular weight is 377 g/mol. The minimum Gasteiger partial charge on any atom is -0.322 e. The van der Waals surface area contributed by atoms with Crippen LogP contribution < -0.4 is 5.32 Å². The van der Waals surface area contributed by atoms with Crippen LogP contribution in [0.5, 0.6) is 0 Å². The van der Waals surface area contributed by atoms with Gasteiger partial charge in [0.25, 0.3) is 5.91 Å². The third-order valence-corrected chi connectivity index (χ3v) is 5.07. The molecule has 1 atom stereocenters. The number of benzene rings is 1. The highest BCUT2D eigenvalue weighted by molar-refractivity contribution is 6.05. The number of nitrogens with zero attached hydrogens (tertiary/aromatic N) is 5. The van der Waals surface area contributed by atoms with Gasteiger partial charge in [-0.1, -0.05) is 11.3 Å². The van der Waals surface area contributed by atoms with Gasteiger partial charge in [0.2, 0.25) is 11.8 Å². The van der Waals surface area contributed by atoms with Gasteiger partial charge in [-0.25, -0.2) is 4.68 Å². The Morgan fingerprint density at radius 2 is 2.04 bits per heavy atom. The number of hydrogen-bond acceptors (Lipinski definition) is 6. The second kappa shape index (κ2) is 6.12. The summed E-state index contributed by atoms with van der Waals surface area (Å²) in [6, 6.07) is 6.50. The van der Waals surface area contributed by atoms with Gasteiger partial charge in [0.1, 0.15) is 11.7 Å². The zero-order chi connectivity index (χ0) is 19.3. The number of carbonyl (C=O) groups is 3. The molecule has 1 fully saturated rings. The molecule has 10 nitrogen and oxygen atoms in total. The van der Waals surface area contributed by atoms with Crippen molar-refractivity contribution in [3.63, 3.8) is 0 Å². The van der Waals surface area contributed by atoms with Crippen molar-refractivity contribution in [2.75, 3.05) is 0 Å². The van der Waals surface area contributed by atoms with Gasteiger partial charge in [-0.15, -0.1) is 5.10 Å². The van der Waals surface area contributed by atoms with E-state index in [0.29, 0.717) is 17.7 Å². The SMILES string of the molecule is O=C1CCC(N2Cc3c(cccc3-n3cc(-c4ccn[nH]4)nn3)C2=O)C(=O)N1. The fourth-order valence-corrected chi connectivity index (χ4v) is 3.69. The molecule has 2 aliphatic heterocycles. The molecule has 0 aliphatic carbocycles. The van der Waals surface area contributed by atoms with Gasteiger partial charge in [0, 0.05) is 30.3 Å². The number of aromatic amines is 1. The lowest BCUT2D eigenvalue weighted by atomic mass is 10.0. The Kier molecular flexibility index (Phi) is 3.57. The van der Waals surface area contributed by atoms with Crippen LogP contribution in [0, 0.1) is 0 Å². The lowest BCUT2D eigenvalue weighted by Gasteiger charge is -2.29. The number of piperidine rings is 1. The van der Waals surface area contributed by atoms with E-state index in [-0.39, 0.29) is 24.8 Å². The first kappa shape index (κ1) is 16.4. The van der Waals surface area contributed by atoms with Crippen molar-refractivity contribution in [1.29, 1.82) is 0 Å². The summed E-state index contributed by atoms with van der Waals surface area (Å²) in [4.78, 5) is 38.0. The normalized spacial score (nSPS) is 19.1. The molecule has 28 heavy (non-hydrogen) atoms. The van der Waals surface area contributed by atoms with E-state index in [0.717, 1.165) is 16.9 Å². The summed E-state index contributed by atoms with van der Waals surface area (Å²) < 4.78 is 1.61. The lowest BCUT2D eigenvalue weighted by Crippen LogP contribution is -2.52. The number of imide groups is 1. The van der Waals surface area contributed by atoms with E-state index < -0.39 is 11.9 Å². The maximum atomic E-state index is 12.9. The monoisotopic (exact) mass is 377 g/mol.